The van der Waals surface area contributed by atoms with E-state index in [2.05, 4.69) is 10.3 Å². The van der Waals surface area contributed by atoms with Gasteiger partial charge in [-0.2, -0.15) is 0 Å². The van der Waals surface area contributed by atoms with Crippen LogP contribution in [0.1, 0.15) is 36.9 Å². The number of thiophene rings is 1. The van der Waals surface area contributed by atoms with Crippen LogP contribution in [0.25, 0.3) is 16.3 Å². The second kappa shape index (κ2) is 9.26. The molecule has 0 saturated carbocycles. The minimum atomic E-state index is -0.297. The Hall–Kier alpha value is -3.97. The molecule has 0 aliphatic rings. The summed E-state index contributed by atoms with van der Waals surface area (Å²) in [5.74, 6) is 0.267. The molecule has 3 N–H and O–H groups in total. The molecule has 0 saturated heterocycles. The van der Waals surface area contributed by atoms with E-state index in [1.54, 1.807) is 26.2 Å². The van der Waals surface area contributed by atoms with Crippen LogP contribution >= 0.6 is 11.3 Å². The Morgan fingerprint density at radius 3 is 2.52 bits per heavy atom. The summed E-state index contributed by atoms with van der Waals surface area (Å²) in [6.07, 6.45) is 3.25. The maximum Gasteiger partial charge on any atom is 0.267 e. The number of pyridine rings is 1. The summed E-state index contributed by atoms with van der Waals surface area (Å²) < 4.78 is 5.15. The number of aryl methyl sites for hydroxylation is 2. The van der Waals surface area contributed by atoms with Crippen molar-refractivity contribution in [1.29, 1.82) is 0 Å². The molecule has 2 aromatic heterocycles. The Morgan fingerprint density at radius 1 is 1.09 bits per heavy atom. The molecule has 0 aliphatic heterocycles. The lowest BCUT2D eigenvalue weighted by molar-refractivity contribution is 0.102. The van der Waals surface area contributed by atoms with Gasteiger partial charge in [-0.3, -0.25) is 9.59 Å². The maximum absolute atomic E-state index is 12.9. The van der Waals surface area contributed by atoms with Gasteiger partial charge in [0.25, 0.3) is 5.91 Å². The number of methoxy groups -OCH3 is 1. The first-order valence-electron chi connectivity index (χ1n) is 10.3. The number of hydrogen-bond donors (Lipinski definition) is 2. The third-order valence-electron chi connectivity index (χ3n) is 5.32. The largest absolute Gasteiger partial charge is 0.497 e. The molecule has 1 amide bonds. The van der Waals surface area contributed by atoms with E-state index < -0.39 is 0 Å². The number of benzene rings is 2. The first-order chi connectivity index (χ1) is 15.9. The highest BCUT2D eigenvalue weighted by molar-refractivity contribution is 7.21. The number of hydrogen-bond acceptors (Lipinski definition) is 6. The fraction of sp³-hybridized carbons (Fsp3) is 0.115. The van der Waals surface area contributed by atoms with Gasteiger partial charge in [0.1, 0.15) is 15.5 Å². The van der Waals surface area contributed by atoms with Gasteiger partial charge >= 0.3 is 0 Å². The lowest BCUT2D eigenvalue weighted by atomic mass is 10.1. The molecule has 0 atom stereocenters. The topological polar surface area (TPSA) is 94.3 Å². The zero-order valence-corrected chi connectivity index (χ0v) is 19.3. The predicted molar refractivity (Wildman–Crippen MR) is 134 cm³/mol. The summed E-state index contributed by atoms with van der Waals surface area (Å²) in [7, 11) is 1.61. The van der Waals surface area contributed by atoms with E-state index in [0.717, 1.165) is 22.6 Å². The Labute approximate surface area is 195 Å². The van der Waals surface area contributed by atoms with Crippen molar-refractivity contribution in [3.8, 4) is 5.75 Å². The second-order valence-corrected chi connectivity index (χ2v) is 8.56. The molecule has 0 spiro atoms. The van der Waals surface area contributed by atoms with Crippen molar-refractivity contribution in [3.05, 3.63) is 87.9 Å². The number of rotatable bonds is 6. The Morgan fingerprint density at radius 2 is 1.82 bits per heavy atom. The minimum Gasteiger partial charge on any atom is -0.497 e. The number of aromatic nitrogens is 1. The molecule has 0 radical (unpaired) electrons. The first-order valence-corrected chi connectivity index (χ1v) is 11.1. The minimum absolute atomic E-state index is 0.186. The number of allylic oxidation sites excluding steroid dienone is 1. The van der Waals surface area contributed by atoms with Crippen molar-refractivity contribution >= 4 is 50.7 Å². The Balaban J connectivity index is 1.61. The molecule has 6 nitrogen and oxygen atoms in total. The van der Waals surface area contributed by atoms with Crippen LogP contribution in [0.15, 0.2) is 60.7 Å². The summed E-state index contributed by atoms with van der Waals surface area (Å²) in [4.78, 5) is 31.3. The van der Waals surface area contributed by atoms with E-state index in [1.807, 2.05) is 55.5 Å². The number of nitrogens with zero attached hydrogens (tertiary/aromatic N) is 1. The molecule has 0 aliphatic carbocycles. The SMILES string of the molecule is COc1ccc(/C=C/C(=O)c2cc3c(N)c(C(=O)Nc4ccccc4C)sc3nc2C)cc1. The molecular formula is C26H23N3O3S. The number of carbonyl (C=O) groups is 2. The smallest absolute Gasteiger partial charge is 0.267 e. The second-order valence-electron chi connectivity index (χ2n) is 7.56. The first kappa shape index (κ1) is 22.2. The highest BCUT2D eigenvalue weighted by Gasteiger charge is 2.20. The van der Waals surface area contributed by atoms with E-state index in [0.29, 0.717) is 32.0 Å². The van der Waals surface area contributed by atoms with Crippen LogP contribution in [0.5, 0.6) is 5.75 Å². The van der Waals surface area contributed by atoms with Crippen molar-refractivity contribution in [2.45, 2.75) is 13.8 Å². The molecule has 4 rings (SSSR count). The van der Waals surface area contributed by atoms with Crippen LogP contribution in [-0.4, -0.2) is 23.8 Å². The van der Waals surface area contributed by atoms with E-state index in [4.69, 9.17) is 10.5 Å². The lowest BCUT2D eigenvalue weighted by Gasteiger charge is -2.07. The van der Waals surface area contributed by atoms with Gasteiger partial charge in [-0.1, -0.05) is 36.4 Å². The molecule has 7 heteroatoms. The average molecular weight is 458 g/mol. The van der Waals surface area contributed by atoms with Crippen molar-refractivity contribution in [2.75, 3.05) is 18.2 Å². The van der Waals surface area contributed by atoms with Gasteiger partial charge in [0.05, 0.1) is 18.5 Å². The third kappa shape index (κ3) is 4.63. The summed E-state index contributed by atoms with van der Waals surface area (Å²) in [5.41, 5.74) is 10.2. The number of ether oxygens (including phenoxy) is 1. The van der Waals surface area contributed by atoms with Crippen LogP contribution in [0.4, 0.5) is 11.4 Å². The highest BCUT2D eigenvalue weighted by Crippen LogP contribution is 2.34. The monoisotopic (exact) mass is 457 g/mol. The summed E-state index contributed by atoms with van der Waals surface area (Å²) >= 11 is 1.22. The van der Waals surface area contributed by atoms with E-state index in [-0.39, 0.29) is 11.7 Å². The number of para-hydroxylation sites is 1. The molecule has 166 valence electrons. The molecule has 0 bridgehead atoms. The van der Waals surface area contributed by atoms with Crippen LogP contribution in [0.3, 0.4) is 0 Å². The van der Waals surface area contributed by atoms with E-state index in [1.165, 1.54) is 17.4 Å². The van der Waals surface area contributed by atoms with E-state index in [9.17, 15) is 9.59 Å². The van der Waals surface area contributed by atoms with Gasteiger partial charge in [0.2, 0.25) is 0 Å². The van der Waals surface area contributed by atoms with Crippen LogP contribution in [-0.2, 0) is 0 Å². The standard InChI is InChI=1S/C26H23N3O3S/c1-15-6-4-5-7-21(15)29-25(31)24-23(27)20-14-19(16(2)28-26(20)33-24)22(30)13-10-17-8-11-18(32-3)12-9-17/h4-14H,27H2,1-3H3,(H,29,31)/b13-10+. The molecule has 2 heterocycles. The Kier molecular flexibility index (Phi) is 6.24. The van der Waals surface area contributed by atoms with Crippen molar-refractivity contribution < 1.29 is 14.3 Å². The number of nitrogen functional groups attached to an aromatic ring is 1. The van der Waals surface area contributed by atoms with Gasteiger partial charge in [0.15, 0.2) is 5.78 Å². The summed E-state index contributed by atoms with van der Waals surface area (Å²) in [6, 6.07) is 16.6. The fourth-order valence-electron chi connectivity index (χ4n) is 3.42. The van der Waals surface area contributed by atoms with Gasteiger partial charge in [0, 0.05) is 16.6 Å². The zero-order chi connectivity index (χ0) is 23.5. The number of nitrogens with two attached hydrogens (primary N) is 1. The number of ketones is 1. The highest BCUT2D eigenvalue weighted by atomic mass is 32.1. The predicted octanol–water partition coefficient (Wildman–Crippen LogP) is 5.65. The Bertz CT molecular complexity index is 1390. The van der Waals surface area contributed by atoms with E-state index >= 15 is 0 Å². The lowest BCUT2D eigenvalue weighted by Crippen LogP contribution is -2.12. The molecule has 2 aromatic carbocycles. The number of fused-ring (bicyclic) bond motifs is 1. The van der Waals surface area contributed by atoms with Crippen LogP contribution in [0.2, 0.25) is 0 Å². The summed E-state index contributed by atoms with van der Waals surface area (Å²) in [6.45, 7) is 3.70. The van der Waals surface area contributed by atoms with Crippen molar-refractivity contribution in [3.63, 3.8) is 0 Å². The number of amides is 1. The van der Waals surface area contributed by atoms with Crippen molar-refractivity contribution in [1.82, 2.24) is 4.98 Å². The average Bonchev–Trinajstić information content (AvgIpc) is 3.14. The molecular weight excluding hydrogens is 434 g/mol. The maximum atomic E-state index is 12.9. The number of carbonyl (C=O) groups excluding carboxylic acids is 2. The van der Waals surface area contributed by atoms with Crippen LogP contribution in [0, 0.1) is 13.8 Å². The third-order valence-corrected chi connectivity index (χ3v) is 6.43. The fourth-order valence-corrected chi connectivity index (χ4v) is 4.43. The summed E-state index contributed by atoms with van der Waals surface area (Å²) in [5, 5.41) is 3.50. The molecule has 0 fully saturated rings. The van der Waals surface area contributed by atoms with Gasteiger partial charge in [-0.15, -0.1) is 11.3 Å². The number of nitrogens with one attached hydrogen (secondary N) is 1. The van der Waals surface area contributed by atoms with Gasteiger partial charge < -0.3 is 15.8 Å². The van der Waals surface area contributed by atoms with Gasteiger partial charge in [-0.05, 0) is 55.3 Å². The molecule has 0 unspecified atom stereocenters. The van der Waals surface area contributed by atoms with Crippen molar-refractivity contribution in [2.24, 2.45) is 0 Å². The zero-order valence-electron chi connectivity index (χ0n) is 18.5. The normalized spacial score (nSPS) is 11.1. The van der Waals surface area contributed by atoms with Crippen LogP contribution < -0.4 is 15.8 Å². The molecule has 33 heavy (non-hydrogen) atoms. The quantitative estimate of drug-likeness (QED) is 0.288. The molecule has 4 aromatic rings. The number of anilines is 2. The van der Waals surface area contributed by atoms with Gasteiger partial charge in [-0.25, -0.2) is 4.98 Å².